The van der Waals surface area contributed by atoms with Crippen molar-refractivity contribution in [1.29, 1.82) is 0 Å². The summed E-state index contributed by atoms with van der Waals surface area (Å²) in [5.74, 6) is 1.59. The summed E-state index contributed by atoms with van der Waals surface area (Å²) in [4.78, 5) is 0. The van der Waals surface area contributed by atoms with Crippen LogP contribution in [0.25, 0.3) is 0 Å². The number of hydrogen-bond donors (Lipinski definition) is 2. The lowest BCUT2D eigenvalue weighted by molar-refractivity contribution is 0.103. The maximum Gasteiger partial charge on any atom is 0.127 e. The normalized spacial score (nSPS) is 12.5. The highest BCUT2D eigenvalue weighted by atomic mass is 16.5. The Morgan fingerprint density at radius 1 is 1.19 bits per heavy atom. The third-order valence-electron chi connectivity index (χ3n) is 3.11. The van der Waals surface area contributed by atoms with Crippen LogP contribution < -0.4 is 14.8 Å². The molecule has 0 saturated heterocycles. The minimum Gasteiger partial charge on any atom is -0.493 e. The first-order chi connectivity index (χ1) is 10.1. The molecule has 0 heterocycles. The van der Waals surface area contributed by atoms with Gasteiger partial charge < -0.3 is 19.9 Å². The molecule has 0 radical (unpaired) electrons. The molecule has 0 aliphatic carbocycles. The Morgan fingerprint density at radius 3 is 2.57 bits per heavy atom. The van der Waals surface area contributed by atoms with E-state index in [-0.39, 0.29) is 0 Å². The van der Waals surface area contributed by atoms with Crippen LogP contribution in [0.15, 0.2) is 18.2 Å². The maximum absolute atomic E-state index is 9.67. The average molecular weight is 295 g/mol. The fourth-order valence-electron chi connectivity index (χ4n) is 1.74. The van der Waals surface area contributed by atoms with Gasteiger partial charge in [-0.3, -0.25) is 0 Å². The molecular formula is C17H29NO3. The standard InChI is InChI=1S/C17H29NO3/c1-5-9-20-16-8-7-14(11-18-13(3)4)17(10-16)21-12-15(19)6-2/h7-8,10,13,15,18-19H,5-6,9,11-12H2,1-4H3. The van der Waals surface area contributed by atoms with Gasteiger partial charge in [0, 0.05) is 24.2 Å². The number of aliphatic hydroxyl groups excluding tert-OH is 1. The molecule has 1 aromatic carbocycles. The highest BCUT2D eigenvalue weighted by molar-refractivity contribution is 5.40. The van der Waals surface area contributed by atoms with E-state index in [0.29, 0.717) is 25.7 Å². The van der Waals surface area contributed by atoms with E-state index in [1.807, 2.05) is 25.1 Å². The number of rotatable bonds is 10. The van der Waals surface area contributed by atoms with Gasteiger partial charge in [0.05, 0.1) is 12.7 Å². The predicted octanol–water partition coefficient (Wildman–Crippen LogP) is 3.12. The zero-order chi connectivity index (χ0) is 15.7. The van der Waals surface area contributed by atoms with E-state index < -0.39 is 6.10 Å². The van der Waals surface area contributed by atoms with E-state index in [4.69, 9.17) is 9.47 Å². The molecular weight excluding hydrogens is 266 g/mol. The predicted molar refractivity (Wildman–Crippen MR) is 86.0 cm³/mol. The molecule has 0 aliphatic rings. The van der Waals surface area contributed by atoms with E-state index in [2.05, 4.69) is 26.1 Å². The van der Waals surface area contributed by atoms with Gasteiger partial charge in [-0.1, -0.05) is 33.8 Å². The van der Waals surface area contributed by atoms with Crippen LogP contribution in [0, 0.1) is 0 Å². The SMILES string of the molecule is CCCOc1ccc(CNC(C)C)c(OCC(O)CC)c1. The van der Waals surface area contributed by atoms with Gasteiger partial charge in [-0.05, 0) is 18.9 Å². The van der Waals surface area contributed by atoms with E-state index in [1.165, 1.54) is 0 Å². The molecule has 21 heavy (non-hydrogen) atoms. The molecule has 0 aromatic heterocycles. The van der Waals surface area contributed by atoms with Crippen LogP contribution in [0.2, 0.25) is 0 Å². The number of benzene rings is 1. The first-order valence-corrected chi connectivity index (χ1v) is 7.86. The van der Waals surface area contributed by atoms with Crippen LogP contribution in [0.4, 0.5) is 0 Å². The topological polar surface area (TPSA) is 50.7 Å². The molecule has 0 aliphatic heterocycles. The Kier molecular flexibility index (Phi) is 8.16. The second kappa shape index (κ2) is 9.64. The van der Waals surface area contributed by atoms with E-state index in [9.17, 15) is 5.11 Å². The van der Waals surface area contributed by atoms with Gasteiger partial charge in [-0.2, -0.15) is 0 Å². The first kappa shape index (κ1) is 17.8. The third kappa shape index (κ3) is 6.82. The first-order valence-electron chi connectivity index (χ1n) is 7.86. The molecule has 0 saturated carbocycles. The van der Waals surface area contributed by atoms with Gasteiger partial charge in [-0.15, -0.1) is 0 Å². The number of hydrogen-bond acceptors (Lipinski definition) is 4. The second-order valence-corrected chi connectivity index (χ2v) is 5.53. The number of nitrogens with one attached hydrogen (secondary N) is 1. The maximum atomic E-state index is 9.67. The largest absolute Gasteiger partial charge is 0.493 e. The van der Waals surface area contributed by atoms with Gasteiger partial charge in [-0.25, -0.2) is 0 Å². The van der Waals surface area contributed by atoms with Gasteiger partial charge in [0.25, 0.3) is 0 Å². The van der Waals surface area contributed by atoms with Crippen LogP contribution in [0.1, 0.15) is 46.1 Å². The molecule has 0 amide bonds. The Labute approximate surface area is 128 Å². The Morgan fingerprint density at radius 2 is 1.95 bits per heavy atom. The van der Waals surface area contributed by atoms with Crippen LogP contribution in [-0.4, -0.2) is 30.5 Å². The van der Waals surface area contributed by atoms with Crippen molar-refractivity contribution in [3.63, 3.8) is 0 Å². The lowest BCUT2D eigenvalue weighted by Crippen LogP contribution is -2.23. The number of aliphatic hydroxyl groups is 1. The summed E-state index contributed by atoms with van der Waals surface area (Å²) in [6, 6.07) is 6.31. The molecule has 120 valence electrons. The smallest absolute Gasteiger partial charge is 0.127 e. The van der Waals surface area contributed by atoms with Gasteiger partial charge >= 0.3 is 0 Å². The van der Waals surface area contributed by atoms with Gasteiger partial charge in [0.15, 0.2) is 0 Å². The van der Waals surface area contributed by atoms with Gasteiger partial charge in [0.2, 0.25) is 0 Å². The molecule has 0 spiro atoms. The highest BCUT2D eigenvalue weighted by Gasteiger charge is 2.09. The minimum absolute atomic E-state index is 0.308. The molecule has 1 atom stereocenters. The summed E-state index contributed by atoms with van der Waals surface area (Å²) >= 11 is 0. The zero-order valence-electron chi connectivity index (χ0n) is 13.7. The quantitative estimate of drug-likeness (QED) is 0.696. The molecule has 1 unspecified atom stereocenters. The van der Waals surface area contributed by atoms with Gasteiger partial charge in [0.1, 0.15) is 18.1 Å². The molecule has 1 aromatic rings. The van der Waals surface area contributed by atoms with Crippen molar-refractivity contribution < 1.29 is 14.6 Å². The van der Waals surface area contributed by atoms with Crippen molar-refractivity contribution in [2.75, 3.05) is 13.2 Å². The van der Waals surface area contributed by atoms with Crippen LogP contribution in [0.5, 0.6) is 11.5 Å². The average Bonchev–Trinajstić information content (AvgIpc) is 2.49. The van der Waals surface area contributed by atoms with Crippen LogP contribution >= 0.6 is 0 Å². The molecule has 4 heteroatoms. The Hall–Kier alpha value is -1.26. The van der Waals surface area contributed by atoms with E-state index in [1.54, 1.807) is 0 Å². The lowest BCUT2D eigenvalue weighted by atomic mass is 10.1. The zero-order valence-corrected chi connectivity index (χ0v) is 13.7. The number of ether oxygens (including phenoxy) is 2. The summed E-state index contributed by atoms with van der Waals surface area (Å²) in [7, 11) is 0. The van der Waals surface area contributed by atoms with Crippen molar-refractivity contribution in [3.8, 4) is 11.5 Å². The molecule has 0 fully saturated rings. The van der Waals surface area contributed by atoms with Crippen LogP contribution in [-0.2, 0) is 6.54 Å². The molecule has 2 N–H and O–H groups in total. The Balaban J connectivity index is 2.78. The molecule has 4 nitrogen and oxygen atoms in total. The summed E-state index contributed by atoms with van der Waals surface area (Å²) < 4.78 is 11.4. The minimum atomic E-state index is -0.434. The summed E-state index contributed by atoms with van der Waals surface area (Å²) in [6.45, 7) is 9.98. The highest BCUT2D eigenvalue weighted by Crippen LogP contribution is 2.25. The fourth-order valence-corrected chi connectivity index (χ4v) is 1.74. The van der Waals surface area contributed by atoms with Crippen molar-refractivity contribution in [2.45, 2.75) is 59.2 Å². The third-order valence-corrected chi connectivity index (χ3v) is 3.11. The van der Waals surface area contributed by atoms with E-state index in [0.717, 1.165) is 30.0 Å². The fraction of sp³-hybridized carbons (Fsp3) is 0.647. The summed E-state index contributed by atoms with van der Waals surface area (Å²) in [5, 5.41) is 13.1. The summed E-state index contributed by atoms with van der Waals surface area (Å²) in [6.07, 6.45) is 1.23. The molecule has 0 bridgehead atoms. The summed E-state index contributed by atoms with van der Waals surface area (Å²) in [5.41, 5.74) is 1.08. The molecule has 1 rings (SSSR count). The van der Waals surface area contributed by atoms with E-state index >= 15 is 0 Å². The van der Waals surface area contributed by atoms with Crippen molar-refractivity contribution >= 4 is 0 Å². The second-order valence-electron chi connectivity index (χ2n) is 5.53. The van der Waals surface area contributed by atoms with Crippen molar-refractivity contribution in [1.82, 2.24) is 5.32 Å². The van der Waals surface area contributed by atoms with Crippen LogP contribution in [0.3, 0.4) is 0 Å². The monoisotopic (exact) mass is 295 g/mol. The van der Waals surface area contributed by atoms with Crippen molar-refractivity contribution in [3.05, 3.63) is 23.8 Å². The lowest BCUT2D eigenvalue weighted by Gasteiger charge is -2.17. The Bertz CT molecular complexity index is 407. The van der Waals surface area contributed by atoms with Crippen molar-refractivity contribution in [2.24, 2.45) is 0 Å².